The van der Waals surface area contributed by atoms with Crippen molar-refractivity contribution in [1.29, 1.82) is 0 Å². The topological polar surface area (TPSA) is 79.8 Å². The molecule has 0 saturated heterocycles. The Kier molecular flexibility index (Phi) is 5.52. The Hall–Kier alpha value is -2.37. The Balaban J connectivity index is 1.90. The maximum absolute atomic E-state index is 11.9. The number of methoxy groups -OCH3 is 1. The molecule has 0 radical (unpaired) electrons. The zero-order valence-electron chi connectivity index (χ0n) is 12.9. The lowest BCUT2D eigenvalue weighted by Gasteiger charge is -2.13. The van der Waals surface area contributed by atoms with Crippen LogP contribution >= 0.6 is 0 Å². The number of amides is 2. The normalized spacial score (nSPS) is 14.1. The molecule has 1 aromatic rings. The van der Waals surface area contributed by atoms with Crippen molar-refractivity contribution in [2.75, 3.05) is 13.7 Å². The minimum absolute atomic E-state index is 0.155. The first-order valence-corrected chi connectivity index (χ1v) is 7.43. The lowest BCUT2D eigenvalue weighted by Crippen LogP contribution is -2.37. The zero-order valence-corrected chi connectivity index (χ0v) is 12.9. The number of benzene rings is 1. The molecule has 2 amide bonds. The Labute approximate surface area is 129 Å². The molecule has 2 N–H and O–H groups in total. The second-order valence-corrected chi connectivity index (χ2v) is 5.10. The van der Waals surface area contributed by atoms with Gasteiger partial charge in [0.2, 0.25) is 5.91 Å². The Morgan fingerprint density at radius 2 is 2.23 bits per heavy atom. The van der Waals surface area contributed by atoms with Gasteiger partial charge in [0.05, 0.1) is 7.11 Å². The summed E-state index contributed by atoms with van der Waals surface area (Å²) >= 11 is 0. The average Bonchev–Trinajstić information content (AvgIpc) is 2.55. The molecular weight excluding hydrogens is 282 g/mol. The third-order valence-electron chi connectivity index (χ3n) is 3.60. The van der Waals surface area contributed by atoms with Crippen LogP contribution in [0.2, 0.25) is 0 Å². The fraction of sp³-hybridized carbons (Fsp3) is 0.438. The highest BCUT2D eigenvalue weighted by atomic mass is 16.5. The molecule has 0 fully saturated rings. The number of carbonyl (C=O) groups excluding carboxylic acids is 2. The third kappa shape index (κ3) is 4.07. The predicted molar refractivity (Wildman–Crippen MR) is 83.9 cm³/mol. The Morgan fingerprint density at radius 1 is 1.41 bits per heavy atom. The van der Waals surface area contributed by atoms with Gasteiger partial charge in [-0.2, -0.15) is 5.10 Å². The van der Waals surface area contributed by atoms with E-state index in [0.717, 1.165) is 17.7 Å². The van der Waals surface area contributed by atoms with Crippen LogP contribution in [0.3, 0.4) is 0 Å². The van der Waals surface area contributed by atoms with E-state index in [1.165, 1.54) is 5.56 Å². The van der Waals surface area contributed by atoms with E-state index in [9.17, 15) is 9.59 Å². The molecule has 0 saturated carbocycles. The van der Waals surface area contributed by atoms with Gasteiger partial charge in [0.25, 0.3) is 5.91 Å². The molecule has 0 atom stereocenters. The van der Waals surface area contributed by atoms with E-state index in [0.29, 0.717) is 31.5 Å². The summed E-state index contributed by atoms with van der Waals surface area (Å²) in [5.74, 6) is 0.442. The van der Waals surface area contributed by atoms with Crippen LogP contribution < -0.4 is 15.5 Å². The number of carbonyl (C=O) groups is 2. The van der Waals surface area contributed by atoms with E-state index in [1.54, 1.807) is 7.11 Å². The number of hydrogen-bond donors (Lipinski definition) is 2. The van der Waals surface area contributed by atoms with E-state index >= 15 is 0 Å². The molecule has 1 aliphatic rings. The number of hydrazone groups is 1. The van der Waals surface area contributed by atoms with Gasteiger partial charge in [-0.1, -0.05) is 19.1 Å². The molecule has 0 aliphatic carbocycles. The first kappa shape index (κ1) is 16.0. The first-order chi connectivity index (χ1) is 10.6. The van der Waals surface area contributed by atoms with Crippen molar-refractivity contribution in [3.63, 3.8) is 0 Å². The molecule has 118 valence electrons. The summed E-state index contributed by atoms with van der Waals surface area (Å²) in [7, 11) is 1.64. The summed E-state index contributed by atoms with van der Waals surface area (Å²) in [5.41, 5.74) is 5.00. The summed E-state index contributed by atoms with van der Waals surface area (Å²) in [4.78, 5) is 22.9. The van der Waals surface area contributed by atoms with Crippen molar-refractivity contribution < 1.29 is 14.3 Å². The van der Waals surface area contributed by atoms with Gasteiger partial charge in [0.15, 0.2) is 0 Å². The highest BCUT2D eigenvalue weighted by molar-refractivity contribution is 6.39. The third-order valence-corrected chi connectivity index (χ3v) is 3.60. The number of aryl methyl sites for hydroxylation is 1. The highest BCUT2D eigenvalue weighted by Gasteiger charge is 2.17. The van der Waals surface area contributed by atoms with Gasteiger partial charge in [0.1, 0.15) is 11.5 Å². The second kappa shape index (κ2) is 7.59. The Morgan fingerprint density at radius 3 is 2.86 bits per heavy atom. The van der Waals surface area contributed by atoms with Crippen LogP contribution in [-0.2, 0) is 22.4 Å². The monoisotopic (exact) mass is 303 g/mol. The van der Waals surface area contributed by atoms with Gasteiger partial charge in [-0.3, -0.25) is 9.59 Å². The number of nitrogens with one attached hydrogen (secondary N) is 2. The fourth-order valence-corrected chi connectivity index (χ4v) is 2.30. The van der Waals surface area contributed by atoms with Crippen molar-refractivity contribution in [3.8, 4) is 5.75 Å². The fourth-order valence-electron chi connectivity index (χ4n) is 2.30. The quantitative estimate of drug-likeness (QED) is 0.828. The zero-order chi connectivity index (χ0) is 15.9. The maximum atomic E-state index is 11.9. The van der Waals surface area contributed by atoms with Crippen LogP contribution in [0.1, 0.15) is 30.9 Å². The predicted octanol–water partition coefficient (Wildman–Crippen LogP) is 1.18. The van der Waals surface area contributed by atoms with E-state index in [-0.39, 0.29) is 11.8 Å². The van der Waals surface area contributed by atoms with Crippen LogP contribution in [0.4, 0.5) is 0 Å². The molecular formula is C16H21N3O3. The standard InChI is InChI=1S/C16H21N3O3/c1-3-11-4-6-14(22-2)12(10-11)8-9-17-16(21)13-5-7-15(20)19-18-13/h4,6,10H,3,5,7-9H2,1-2H3,(H,17,21)(H,19,20). The van der Waals surface area contributed by atoms with Crippen molar-refractivity contribution >= 4 is 17.5 Å². The lowest BCUT2D eigenvalue weighted by molar-refractivity contribution is -0.121. The molecule has 2 rings (SSSR count). The van der Waals surface area contributed by atoms with Gasteiger partial charge in [-0.05, 0) is 30.0 Å². The summed E-state index contributed by atoms with van der Waals surface area (Å²) in [6, 6.07) is 6.10. The van der Waals surface area contributed by atoms with Crippen LogP contribution in [-0.4, -0.2) is 31.2 Å². The SMILES string of the molecule is CCc1ccc(OC)c(CCNC(=O)C2=NNC(=O)CC2)c1. The summed E-state index contributed by atoms with van der Waals surface area (Å²) in [6.07, 6.45) is 2.33. The molecule has 6 heteroatoms. The molecule has 0 aromatic heterocycles. The van der Waals surface area contributed by atoms with Gasteiger partial charge >= 0.3 is 0 Å². The largest absolute Gasteiger partial charge is 0.496 e. The smallest absolute Gasteiger partial charge is 0.267 e. The van der Waals surface area contributed by atoms with Crippen LogP contribution in [0.25, 0.3) is 0 Å². The summed E-state index contributed by atoms with van der Waals surface area (Å²) in [5, 5.41) is 6.61. The van der Waals surface area contributed by atoms with Crippen molar-refractivity contribution in [3.05, 3.63) is 29.3 Å². The van der Waals surface area contributed by atoms with Gasteiger partial charge in [0, 0.05) is 19.4 Å². The molecule has 0 bridgehead atoms. The lowest BCUT2D eigenvalue weighted by atomic mass is 10.0. The average molecular weight is 303 g/mol. The molecule has 6 nitrogen and oxygen atoms in total. The highest BCUT2D eigenvalue weighted by Crippen LogP contribution is 2.20. The van der Waals surface area contributed by atoms with Gasteiger partial charge in [-0.25, -0.2) is 5.43 Å². The molecule has 0 spiro atoms. The molecule has 1 aliphatic heterocycles. The Bertz CT molecular complexity index is 596. The van der Waals surface area contributed by atoms with E-state index < -0.39 is 0 Å². The van der Waals surface area contributed by atoms with Crippen molar-refractivity contribution in [1.82, 2.24) is 10.7 Å². The molecule has 1 aromatic carbocycles. The maximum Gasteiger partial charge on any atom is 0.267 e. The van der Waals surface area contributed by atoms with Crippen LogP contribution in [0.5, 0.6) is 5.75 Å². The number of ether oxygens (including phenoxy) is 1. The number of nitrogens with zero attached hydrogens (tertiary/aromatic N) is 1. The van der Waals surface area contributed by atoms with Gasteiger partial charge < -0.3 is 10.1 Å². The number of rotatable bonds is 6. The minimum atomic E-state index is -0.231. The summed E-state index contributed by atoms with van der Waals surface area (Å²) < 4.78 is 5.35. The summed E-state index contributed by atoms with van der Waals surface area (Å²) in [6.45, 7) is 2.60. The van der Waals surface area contributed by atoms with Crippen LogP contribution in [0.15, 0.2) is 23.3 Å². The minimum Gasteiger partial charge on any atom is -0.496 e. The van der Waals surface area contributed by atoms with Gasteiger partial charge in [-0.15, -0.1) is 0 Å². The van der Waals surface area contributed by atoms with Crippen LogP contribution in [0, 0.1) is 0 Å². The molecule has 22 heavy (non-hydrogen) atoms. The van der Waals surface area contributed by atoms with E-state index in [2.05, 4.69) is 28.8 Å². The van der Waals surface area contributed by atoms with Crippen molar-refractivity contribution in [2.24, 2.45) is 5.10 Å². The van der Waals surface area contributed by atoms with E-state index in [1.807, 2.05) is 12.1 Å². The first-order valence-electron chi connectivity index (χ1n) is 7.43. The molecule has 0 unspecified atom stereocenters. The second-order valence-electron chi connectivity index (χ2n) is 5.10. The van der Waals surface area contributed by atoms with E-state index in [4.69, 9.17) is 4.74 Å². The molecule has 1 heterocycles. The number of hydrogen-bond acceptors (Lipinski definition) is 4. The van der Waals surface area contributed by atoms with Crippen molar-refractivity contribution in [2.45, 2.75) is 32.6 Å².